The summed E-state index contributed by atoms with van der Waals surface area (Å²) in [6.07, 6.45) is 0. The Labute approximate surface area is 117 Å². The summed E-state index contributed by atoms with van der Waals surface area (Å²) in [5.41, 5.74) is 8.58. The van der Waals surface area contributed by atoms with E-state index in [0.717, 1.165) is 17.0 Å². The molecular formula is C15H17N5. The van der Waals surface area contributed by atoms with Crippen molar-refractivity contribution >= 4 is 0 Å². The fraction of sp³-hybridized carbons (Fsp3) is 0.200. The van der Waals surface area contributed by atoms with Gasteiger partial charge in [-0.2, -0.15) is 15.4 Å². The summed E-state index contributed by atoms with van der Waals surface area (Å²) in [5, 5.41) is 11.2. The summed E-state index contributed by atoms with van der Waals surface area (Å²) >= 11 is 0. The minimum atomic E-state index is 0.622. The summed E-state index contributed by atoms with van der Waals surface area (Å²) in [6, 6.07) is 14.2. The quantitative estimate of drug-likeness (QED) is 0.764. The molecule has 0 saturated heterocycles. The Bertz CT molecular complexity index is 677. The molecule has 0 atom stereocenters. The number of benzene rings is 1. The highest BCUT2D eigenvalue weighted by molar-refractivity contribution is 5.60. The fourth-order valence-electron chi connectivity index (χ4n) is 2.28. The molecule has 0 fully saturated rings. The van der Waals surface area contributed by atoms with Crippen LogP contribution in [-0.4, -0.2) is 20.1 Å². The van der Waals surface area contributed by atoms with E-state index in [4.69, 9.17) is 0 Å². The largest absolute Gasteiger partial charge is 0.320 e. The Hall–Kier alpha value is -2.56. The van der Waals surface area contributed by atoms with E-state index in [-0.39, 0.29) is 0 Å². The first-order valence-electron chi connectivity index (χ1n) is 6.59. The molecule has 5 nitrogen and oxygen atoms in total. The van der Waals surface area contributed by atoms with Crippen molar-refractivity contribution in [1.82, 2.24) is 20.1 Å². The highest BCUT2D eigenvalue weighted by Crippen LogP contribution is 2.19. The molecule has 0 aliphatic heterocycles. The van der Waals surface area contributed by atoms with Crippen LogP contribution in [0.15, 0.2) is 42.5 Å². The summed E-state index contributed by atoms with van der Waals surface area (Å²) in [6.45, 7) is 4.76. The highest BCUT2D eigenvalue weighted by Gasteiger charge is 2.10. The summed E-state index contributed by atoms with van der Waals surface area (Å²) < 4.78 is 2.06. The zero-order valence-corrected chi connectivity index (χ0v) is 11.6. The Morgan fingerprint density at radius 1 is 1.00 bits per heavy atom. The minimum absolute atomic E-state index is 0.622. The van der Waals surface area contributed by atoms with Gasteiger partial charge in [-0.25, -0.2) is 0 Å². The zero-order chi connectivity index (χ0) is 13.9. The van der Waals surface area contributed by atoms with Crippen molar-refractivity contribution in [3.05, 3.63) is 59.5 Å². The Kier molecular flexibility index (Phi) is 3.25. The number of nitrogens with zero attached hydrogens (tertiary/aromatic N) is 3. The van der Waals surface area contributed by atoms with E-state index >= 15 is 0 Å². The first kappa shape index (κ1) is 12.5. The molecule has 0 aliphatic rings. The van der Waals surface area contributed by atoms with Crippen LogP contribution in [0.2, 0.25) is 0 Å². The highest BCUT2D eigenvalue weighted by atomic mass is 15.4. The molecule has 3 aromatic rings. The van der Waals surface area contributed by atoms with Gasteiger partial charge in [0.2, 0.25) is 0 Å². The van der Waals surface area contributed by atoms with E-state index in [1.165, 1.54) is 11.4 Å². The first-order chi connectivity index (χ1) is 9.75. The molecule has 0 saturated carbocycles. The smallest absolute Gasteiger partial charge is 0.117 e. The third-order valence-electron chi connectivity index (χ3n) is 3.34. The van der Waals surface area contributed by atoms with Crippen molar-refractivity contribution in [3.63, 3.8) is 0 Å². The average molecular weight is 267 g/mol. The van der Waals surface area contributed by atoms with E-state index in [9.17, 15) is 0 Å². The van der Waals surface area contributed by atoms with Crippen LogP contribution in [0.5, 0.6) is 0 Å². The van der Waals surface area contributed by atoms with Crippen LogP contribution < -0.4 is 5.43 Å². The van der Waals surface area contributed by atoms with Gasteiger partial charge in [-0.15, -0.1) is 0 Å². The molecule has 20 heavy (non-hydrogen) atoms. The van der Waals surface area contributed by atoms with Crippen molar-refractivity contribution < 1.29 is 0 Å². The molecule has 3 rings (SSSR count). The number of aromatic nitrogens is 4. The second-order valence-corrected chi connectivity index (χ2v) is 4.77. The second kappa shape index (κ2) is 5.21. The van der Waals surface area contributed by atoms with Gasteiger partial charge < -0.3 is 5.43 Å². The molecule has 2 heterocycles. The molecule has 1 aromatic carbocycles. The van der Waals surface area contributed by atoms with Crippen LogP contribution >= 0.6 is 0 Å². The number of hydrogen-bond donors (Lipinski definition) is 2. The molecule has 0 aliphatic carbocycles. The van der Waals surface area contributed by atoms with E-state index in [0.29, 0.717) is 6.54 Å². The maximum Gasteiger partial charge on any atom is 0.117 e. The maximum atomic E-state index is 4.25. The molecule has 0 bridgehead atoms. The van der Waals surface area contributed by atoms with Crippen molar-refractivity contribution in [3.8, 4) is 11.3 Å². The number of rotatable bonds is 4. The lowest BCUT2D eigenvalue weighted by Crippen LogP contribution is -2.17. The predicted octanol–water partition coefficient (Wildman–Crippen LogP) is 2.63. The lowest BCUT2D eigenvalue weighted by Gasteiger charge is -2.11. The van der Waals surface area contributed by atoms with Gasteiger partial charge in [-0.3, -0.25) is 4.68 Å². The molecule has 2 N–H and O–H groups in total. The topological polar surface area (TPSA) is 58.5 Å². The third-order valence-corrected chi connectivity index (χ3v) is 3.34. The molecule has 102 valence electrons. The first-order valence-corrected chi connectivity index (χ1v) is 6.59. The molecule has 0 spiro atoms. The maximum absolute atomic E-state index is 4.25. The number of aromatic amines is 1. The van der Waals surface area contributed by atoms with Crippen molar-refractivity contribution in [2.45, 2.75) is 20.4 Å². The van der Waals surface area contributed by atoms with E-state index in [1.807, 2.05) is 30.3 Å². The molecule has 5 heteroatoms. The lowest BCUT2D eigenvalue weighted by atomic mass is 10.1. The molecular weight excluding hydrogens is 250 g/mol. The van der Waals surface area contributed by atoms with Gasteiger partial charge in [0, 0.05) is 17.0 Å². The molecule has 2 aromatic heterocycles. The van der Waals surface area contributed by atoms with E-state index in [1.54, 1.807) is 0 Å². The Balaban J connectivity index is 1.81. The lowest BCUT2D eigenvalue weighted by molar-refractivity contribution is 0.776. The summed E-state index contributed by atoms with van der Waals surface area (Å²) in [5.74, 6) is 0. The van der Waals surface area contributed by atoms with Gasteiger partial charge in [-0.1, -0.05) is 30.3 Å². The molecule has 0 amide bonds. The van der Waals surface area contributed by atoms with Crippen molar-refractivity contribution in [2.75, 3.05) is 5.43 Å². The van der Waals surface area contributed by atoms with Gasteiger partial charge in [0.25, 0.3) is 0 Å². The van der Waals surface area contributed by atoms with Crippen LogP contribution in [0.1, 0.15) is 17.1 Å². The molecule has 0 radical (unpaired) electrons. The zero-order valence-electron chi connectivity index (χ0n) is 11.6. The van der Waals surface area contributed by atoms with Crippen LogP contribution in [-0.2, 0) is 6.54 Å². The van der Waals surface area contributed by atoms with Gasteiger partial charge in [0.1, 0.15) is 11.4 Å². The predicted molar refractivity (Wildman–Crippen MR) is 78.8 cm³/mol. The Morgan fingerprint density at radius 2 is 1.70 bits per heavy atom. The van der Waals surface area contributed by atoms with E-state index in [2.05, 4.69) is 51.5 Å². The SMILES string of the molecule is Cc1ccc(C)n1NCc1n[nH]nc1-c1ccccc1. The average Bonchev–Trinajstić information content (AvgIpc) is 3.06. The second-order valence-electron chi connectivity index (χ2n) is 4.77. The van der Waals surface area contributed by atoms with Gasteiger partial charge in [0.15, 0.2) is 0 Å². The van der Waals surface area contributed by atoms with Crippen LogP contribution in [0.3, 0.4) is 0 Å². The fourth-order valence-corrected chi connectivity index (χ4v) is 2.28. The number of aryl methyl sites for hydroxylation is 2. The van der Waals surface area contributed by atoms with E-state index < -0.39 is 0 Å². The van der Waals surface area contributed by atoms with Crippen molar-refractivity contribution in [1.29, 1.82) is 0 Å². The summed E-state index contributed by atoms with van der Waals surface area (Å²) in [7, 11) is 0. The summed E-state index contributed by atoms with van der Waals surface area (Å²) in [4.78, 5) is 0. The normalized spacial score (nSPS) is 10.7. The van der Waals surface area contributed by atoms with Crippen molar-refractivity contribution in [2.24, 2.45) is 0 Å². The number of H-pyrrole nitrogens is 1. The van der Waals surface area contributed by atoms with Gasteiger partial charge >= 0.3 is 0 Å². The monoisotopic (exact) mass is 267 g/mol. The van der Waals surface area contributed by atoms with Crippen LogP contribution in [0.4, 0.5) is 0 Å². The van der Waals surface area contributed by atoms with Crippen LogP contribution in [0.25, 0.3) is 11.3 Å². The van der Waals surface area contributed by atoms with Crippen LogP contribution in [0, 0.1) is 13.8 Å². The standard InChI is InChI=1S/C15H17N5/c1-11-8-9-12(2)20(11)16-10-14-15(18-19-17-14)13-6-4-3-5-7-13/h3-9,16H,10H2,1-2H3,(H,17,18,19). The molecule has 0 unspecified atom stereocenters. The van der Waals surface area contributed by atoms with Gasteiger partial charge in [-0.05, 0) is 26.0 Å². The number of nitrogens with one attached hydrogen (secondary N) is 2. The van der Waals surface area contributed by atoms with Gasteiger partial charge in [0.05, 0.1) is 6.54 Å². The number of hydrogen-bond acceptors (Lipinski definition) is 3. The minimum Gasteiger partial charge on any atom is -0.320 e. The Morgan fingerprint density at radius 3 is 2.40 bits per heavy atom. The third kappa shape index (κ3) is 2.30.